The molecule has 0 unspecified atom stereocenters. The number of fused-ring (bicyclic) bond motifs is 1. The Bertz CT molecular complexity index is 637. The summed E-state index contributed by atoms with van der Waals surface area (Å²) in [5.41, 5.74) is 5.47. The van der Waals surface area contributed by atoms with Gasteiger partial charge in [-0.05, 0) is 60.4 Å². The summed E-state index contributed by atoms with van der Waals surface area (Å²) in [5.74, 6) is 1.09. The molecule has 0 aliphatic carbocycles. The SMILES string of the molecule is CCc1ccc(C/C=C/Cc2ccc3c(c2)OCCC3)cc1. The molecule has 2 aromatic rings. The van der Waals surface area contributed by atoms with Gasteiger partial charge < -0.3 is 4.74 Å². The van der Waals surface area contributed by atoms with Gasteiger partial charge in [-0.3, -0.25) is 0 Å². The summed E-state index contributed by atoms with van der Waals surface area (Å²) in [4.78, 5) is 0. The van der Waals surface area contributed by atoms with E-state index >= 15 is 0 Å². The van der Waals surface area contributed by atoms with E-state index in [1.54, 1.807) is 0 Å². The molecule has 1 aliphatic heterocycles. The van der Waals surface area contributed by atoms with Crippen molar-refractivity contribution in [2.24, 2.45) is 0 Å². The zero-order valence-electron chi connectivity index (χ0n) is 13.3. The van der Waals surface area contributed by atoms with E-state index in [0.717, 1.165) is 44.5 Å². The van der Waals surface area contributed by atoms with E-state index in [4.69, 9.17) is 4.74 Å². The van der Waals surface area contributed by atoms with Crippen molar-refractivity contribution in [3.8, 4) is 5.75 Å². The fourth-order valence-electron chi connectivity index (χ4n) is 2.86. The second kappa shape index (κ2) is 7.31. The zero-order valence-corrected chi connectivity index (χ0v) is 13.3. The topological polar surface area (TPSA) is 9.23 Å². The highest BCUT2D eigenvalue weighted by molar-refractivity contribution is 5.39. The molecular formula is C21H24O. The number of ether oxygens (including phenoxy) is 1. The molecule has 3 rings (SSSR count). The summed E-state index contributed by atoms with van der Waals surface area (Å²) in [6.07, 6.45) is 9.91. The van der Waals surface area contributed by atoms with Crippen molar-refractivity contribution < 1.29 is 4.74 Å². The van der Waals surface area contributed by atoms with E-state index in [0.29, 0.717) is 0 Å². The molecule has 0 atom stereocenters. The van der Waals surface area contributed by atoms with E-state index < -0.39 is 0 Å². The summed E-state index contributed by atoms with van der Waals surface area (Å²) in [6, 6.07) is 15.6. The third-order valence-electron chi connectivity index (χ3n) is 4.28. The smallest absolute Gasteiger partial charge is 0.122 e. The molecule has 22 heavy (non-hydrogen) atoms. The van der Waals surface area contributed by atoms with Gasteiger partial charge >= 0.3 is 0 Å². The van der Waals surface area contributed by atoms with Crippen LogP contribution >= 0.6 is 0 Å². The Hall–Kier alpha value is -2.02. The number of benzene rings is 2. The van der Waals surface area contributed by atoms with Crippen LogP contribution in [0.25, 0.3) is 0 Å². The van der Waals surface area contributed by atoms with Crippen molar-refractivity contribution in [1.82, 2.24) is 0 Å². The van der Waals surface area contributed by atoms with E-state index in [1.165, 1.54) is 22.3 Å². The second-order valence-electron chi connectivity index (χ2n) is 5.94. The maximum absolute atomic E-state index is 5.74. The van der Waals surface area contributed by atoms with Crippen LogP contribution in [0.2, 0.25) is 0 Å². The molecule has 0 bridgehead atoms. The average Bonchev–Trinajstić information content (AvgIpc) is 2.59. The van der Waals surface area contributed by atoms with E-state index in [9.17, 15) is 0 Å². The molecule has 114 valence electrons. The van der Waals surface area contributed by atoms with Gasteiger partial charge in [0.15, 0.2) is 0 Å². The molecule has 0 saturated carbocycles. The maximum Gasteiger partial charge on any atom is 0.122 e. The van der Waals surface area contributed by atoms with Crippen LogP contribution in [0.15, 0.2) is 54.6 Å². The van der Waals surface area contributed by atoms with Crippen LogP contribution in [-0.2, 0) is 25.7 Å². The van der Waals surface area contributed by atoms with Crippen LogP contribution in [0.3, 0.4) is 0 Å². The number of allylic oxidation sites excluding steroid dienone is 2. The van der Waals surface area contributed by atoms with Crippen LogP contribution < -0.4 is 4.74 Å². The van der Waals surface area contributed by atoms with Crippen LogP contribution in [-0.4, -0.2) is 6.61 Å². The first-order valence-electron chi connectivity index (χ1n) is 8.32. The third kappa shape index (κ3) is 3.79. The first-order valence-corrected chi connectivity index (χ1v) is 8.32. The summed E-state index contributed by atoms with van der Waals surface area (Å²) < 4.78 is 5.74. The van der Waals surface area contributed by atoms with Gasteiger partial charge in [-0.25, -0.2) is 0 Å². The molecule has 0 spiro atoms. The Labute approximate surface area is 133 Å². The summed E-state index contributed by atoms with van der Waals surface area (Å²) in [7, 11) is 0. The lowest BCUT2D eigenvalue weighted by Gasteiger charge is -2.17. The van der Waals surface area contributed by atoms with Crippen molar-refractivity contribution in [3.63, 3.8) is 0 Å². The highest BCUT2D eigenvalue weighted by Gasteiger charge is 2.09. The quantitative estimate of drug-likeness (QED) is 0.711. The van der Waals surface area contributed by atoms with Gasteiger partial charge in [0.05, 0.1) is 6.61 Å². The van der Waals surface area contributed by atoms with Gasteiger partial charge in [-0.2, -0.15) is 0 Å². The molecule has 1 heterocycles. The average molecular weight is 292 g/mol. The van der Waals surface area contributed by atoms with E-state index in [2.05, 4.69) is 61.5 Å². The minimum atomic E-state index is 0.861. The second-order valence-corrected chi connectivity index (χ2v) is 5.94. The first kappa shape index (κ1) is 14.9. The van der Waals surface area contributed by atoms with Crippen LogP contribution in [0.5, 0.6) is 5.75 Å². The Morgan fingerprint density at radius 1 is 0.909 bits per heavy atom. The molecule has 0 N–H and O–H groups in total. The lowest BCUT2D eigenvalue weighted by atomic mass is 10.0. The Morgan fingerprint density at radius 2 is 1.59 bits per heavy atom. The number of aryl methyl sites for hydroxylation is 2. The fraction of sp³-hybridized carbons (Fsp3) is 0.333. The molecule has 1 aliphatic rings. The van der Waals surface area contributed by atoms with Gasteiger partial charge in [0, 0.05) is 0 Å². The Balaban J connectivity index is 1.55. The molecule has 0 fully saturated rings. The van der Waals surface area contributed by atoms with Gasteiger partial charge in [0.2, 0.25) is 0 Å². The molecule has 2 aromatic carbocycles. The summed E-state index contributed by atoms with van der Waals surface area (Å²) >= 11 is 0. The molecule has 0 radical (unpaired) electrons. The Morgan fingerprint density at radius 3 is 2.36 bits per heavy atom. The zero-order chi connectivity index (χ0) is 15.2. The number of hydrogen-bond acceptors (Lipinski definition) is 1. The molecule has 1 nitrogen and oxygen atoms in total. The van der Waals surface area contributed by atoms with E-state index in [-0.39, 0.29) is 0 Å². The van der Waals surface area contributed by atoms with Crippen molar-refractivity contribution >= 4 is 0 Å². The van der Waals surface area contributed by atoms with Crippen molar-refractivity contribution in [1.29, 1.82) is 0 Å². The van der Waals surface area contributed by atoms with Crippen LogP contribution in [0.1, 0.15) is 35.6 Å². The lowest BCUT2D eigenvalue weighted by Crippen LogP contribution is -2.08. The maximum atomic E-state index is 5.74. The minimum absolute atomic E-state index is 0.861. The predicted molar refractivity (Wildman–Crippen MR) is 92.6 cm³/mol. The first-order chi connectivity index (χ1) is 10.8. The lowest BCUT2D eigenvalue weighted by molar-refractivity contribution is 0.288. The number of hydrogen-bond donors (Lipinski definition) is 0. The highest BCUT2D eigenvalue weighted by atomic mass is 16.5. The van der Waals surface area contributed by atoms with Crippen LogP contribution in [0.4, 0.5) is 0 Å². The van der Waals surface area contributed by atoms with Crippen molar-refractivity contribution in [3.05, 3.63) is 76.9 Å². The van der Waals surface area contributed by atoms with Crippen molar-refractivity contribution in [2.75, 3.05) is 6.61 Å². The minimum Gasteiger partial charge on any atom is -0.493 e. The number of rotatable bonds is 5. The molecule has 1 heteroatoms. The van der Waals surface area contributed by atoms with Crippen LogP contribution in [0, 0.1) is 0 Å². The normalized spacial score (nSPS) is 13.9. The Kier molecular flexibility index (Phi) is 4.95. The molecular weight excluding hydrogens is 268 g/mol. The fourth-order valence-corrected chi connectivity index (χ4v) is 2.86. The van der Waals surface area contributed by atoms with Crippen molar-refractivity contribution in [2.45, 2.75) is 39.0 Å². The van der Waals surface area contributed by atoms with Gasteiger partial charge in [-0.15, -0.1) is 0 Å². The molecule has 0 amide bonds. The third-order valence-corrected chi connectivity index (χ3v) is 4.28. The summed E-state index contributed by atoms with van der Waals surface area (Å²) in [5, 5.41) is 0. The monoisotopic (exact) mass is 292 g/mol. The highest BCUT2D eigenvalue weighted by Crippen LogP contribution is 2.26. The van der Waals surface area contributed by atoms with Gasteiger partial charge in [-0.1, -0.05) is 55.5 Å². The van der Waals surface area contributed by atoms with E-state index in [1.807, 2.05) is 0 Å². The summed E-state index contributed by atoms with van der Waals surface area (Å²) in [6.45, 7) is 3.05. The molecule has 0 aromatic heterocycles. The standard InChI is InChI=1S/C21H24O/c1-2-17-9-11-18(12-10-17)6-3-4-7-19-13-14-20-8-5-15-22-21(20)16-19/h3-4,9-14,16H,2,5-8,15H2,1H3/b4-3+. The van der Waals surface area contributed by atoms with Gasteiger partial charge in [0.1, 0.15) is 5.75 Å². The predicted octanol–water partition coefficient (Wildman–Crippen LogP) is 4.92. The largest absolute Gasteiger partial charge is 0.493 e. The van der Waals surface area contributed by atoms with Gasteiger partial charge in [0.25, 0.3) is 0 Å². The molecule has 0 saturated heterocycles.